The highest BCUT2D eigenvalue weighted by Crippen LogP contribution is 2.10. The number of phenols is 1. The van der Waals surface area contributed by atoms with E-state index < -0.39 is 0 Å². The molecule has 0 aliphatic heterocycles. The fourth-order valence-corrected chi connectivity index (χ4v) is 1.20. The van der Waals surface area contributed by atoms with E-state index in [-0.39, 0.29) is 18.3 Å². The number of aliphatic hydroxyl groups excluding tert-OH is 1. The number of nitrogens with one attached hydrogen (secondary N) is 1. The second-order valence-corrected chi connectivity index (χ2v) is 3.24. The Morgan fingerprint density at radius 2 is 1.93 bits per heavy atom. The maximum atomic E-state index is 11.2. The van der Waals surface area contributed by atoms with E-state index >= 15 is 0 Å². The van der Waals surface area contributed by atoms with Gasteiger partial charge >= 0.3 is 0 Å². The Kier molecular flexibility index (Phi) is 4.63. The molecule has 0 aliphatic carbocycles. The molecule has 0 saturated heterocycles. The highest BCUT2D eigenvalue weighted by molar-refractivity contribution is 5.76. The zero-order chi connectivity index (χ0) is 11.1. The van der Waals surface area contributed by atoms with Gasteiger partial charge in [-0.25, -0.2) is 0 Å². The van der Waals surface area contributed by atoms with Crippen molar-refractivity contribution in [1.29, 1.82) is 0 Å². The predicted octanol–water partition coefficient (Wildman–Crippen LogP) is 0.433. The second kappa shape index (κ2) is 6.03. The third-order valence-electron chi connectivity index (χ3n) is 2.01. The van der Waals surface area contributed by atoms with E-state index in [0.29, 0.717) is 19.4 Å². The molecule has 0 fully saturated rings. The molecule has 0 aromatic heterocycles. The van der Waals surface area contributed by atoms with Crippen LogP contribution in [0.15, 0.2) is 24.3 Å². The molecule has 15 heavy (non-hydrogen) atoms. The fraction of sp³-hybridized carbons (Fsp3) is 0.364. The van der Waals surface area contributed by atoms with Gasteiger partial charge in [-0.3, -0.25) is 4.79 Å². The summed E-state index contributed by atoms with van der Waals surface area (Å²) in [7, 11) is 0. The lowest BCUT2D eigenvalue weighted by Gasteiger charge is -2.03. The van der Waals surface area contributed by atoms with Crippen LogP contribution in [0.25, 0.3) is 0 Å². The first-order valence-corrected chi connectivity index (χ1v) is 4.88. The van der Waals surface area contributed by atoms with Gasteiger partial charge in [0.2, 0.25) is 5.91 Å². The SMILES string of the molecule is O=C(CCc1ccc(O)cc1)NCCO. The Labute approximate surface area is 88.6 Å². The van der Waals surface area contributed by atoms with E-state index in [1.165, 1.54) is 0 Å². The zero-order valence-corrected chi connectivity index (χ0v) is 8.44. The molecule has 82 valence electrons. The number of benzene rings is 1. The van der Waals surface area contributed by atoms with Crippen molar-refractivity contribution in [2.45, 2.75) is 12.8 Å². The van der Waals surface area contributed by atoms with Crippen molar-refractivity contribution in [3.63, 3.8) is 0 Å². The van der Waals surface area contributed by atoms with Gasteiger partial charge in [0.05, 0.1) is 6.61 Å². The van der Waals surface area contributed by atoms with E-state index in [0.717, 1.165) is 5.56 Å². The first kappa shape index (κ1) is 11.5. The van der Waals surface area contributed by atoms with Crippen molar-refractivity contribution in [3.05, 3.63) is 29.8 Å². The Morgan fingerprint density at radius 3 is 2.53 bits per heavy atom. The number of aromatic hydroxyl groups is 1. The lowest BCUT2D eigenvalue weighted by atomic mass is 10.1. The molecule has 1 aromatic carbocycles. The summed E-state index contributed by atoms with van der Waals surface area (Å²) in [5, 5.41) is 20.1. The molecule has 0 saturated carbocycles. The van der Waals surface area contributed by atoms with Gasteiger partial charge < -0.3 is 15.5 Å². The number of amides is 1. The van der Waals surface area contributed by atoms with Gasteiger partial charge in [-0.15, -0.1) is 0 Å². The molecule has 0 heterocycles. The minimum atomic E-state index is -0.0721. The molecule has 1 amide bonds. The van der Waals surface area contributed by atoms with Gasteiger partial charge in [0, 0.05) is 13.0 Å². The molecule has 1 rings (SSSR count). The van der Waals surface area contributed by atoms with E-state index in [2.05, 4.69) is 5.32 Å². The number of rotatable bonds is 5. The quantitative estimate of drug-likeness (QED) is 0.658. The molecule has 0 radical (unpaired) electrons. The molecular formula is C11H15NO3. The summed E-state index contributed by atoms with van der Waals surface area (Å²) in [5.41, 5.74) is 1.01. The Bertz CT molecular complexity index is 308. The minimum Gasteiger partial charge on any atom is -0.508 e. The largest absolute Gasteiger partial charge is 0.508 e. The maximum absolute atomic E-state index is 11.2. The minimum absolute atomic E-state index is 0.0368. The van der Waals surface area contributed by atoms with Crippen LogP contribution in [0.5, 0.6) is 5.75 Å². The summed E-state index contributed by atoms with van der Waals surface area (Å²) in [4.78, 5) is 11.2. The van der Waals surface area contributed by atoms with Gasteiger partial charge in [0.15, 0.2) is 0 Å². The molecule has 0 atom stereocenters. The lowest BCUT2D eigenvalue weighted by molar-refractivity contribution is -0.121. The third-order valence-corrected chi connectivity index (χ3v) is 2.01. The van der Waals surface area contributed by atoms with Crippen molar-refractivity contribution in [1.82, 2.24) is 5.32 Å². The molecule has 4 heteroatoms. The second-order valence-electron chi connectivity index (χ2n) is 3.24. The standard InChI is InChI=1S/C11H15NO3/c13-8-7-12-11(15)6-3-9-1-4-10(14)5-2-9/h1-2,4-5,13-14H,3,6-8H2,(H,12,15). The first-order chi connectivity index (χ1) is 7.22. The van der Waals surface area contributed by atoms with Gasteiger partial charge in [0.25, 0.3) is 0 Å². The summed E-state index contributed by atoms with van der Waals surface area (Å²) in [5.74, 6) is 0.153. The van der Waals surface area contributed by atoms with Crippen molar-refractivity contribution in [3.8, 4) is 5.75 Å². The van der Waals surface area contributed by atoms with Crippen LogP contribution in [0.3, 0.4) is 0 Å². The molecule has 4 nitrogen and oxygen atoms in total. The van der Waals surface area contributed by atoms with E-state index in [9.17, 15) is 4.79 Å². The number of carbonyl (C=O) groups excluding carboxylic acids is 1. The average Bonchev–Trinajstić information content (AvgIpc) is 2.25. The topological polar surface area (TPSA) is 69.6 Å². The van der Waals surface area contributed by atoms with Crippen molar-refractivity contribution < 1.29 is 15.0 Å². The number of phenolic OH excluding ortho intramolecular Hbond substituents is 1. The Balaban J connectivity index is 2.30. The van der Waals surface area contributed by atoms with Crippen molar-refractivity contribution >= 4 is 5.91 Å². The van der Waals surface area contributed by atoms with Crippen molar-refractivity contribution in [2.75, 3.05) is 13.2 Å². The van der Waals surface area contributed by atoms with Gasteiger partial charge in [0.1, 0.15) is 5.75 Å². The Hall–Kier alpha value is -1.55. The monoisotopic (exact) mass is 209 g/mol. The van der Waals surface area contributed by atoms with Crippen LogP contribution in [0.2, 0.25) is 0 Å². The van der Waals surface area contributed by atoms with Crippen LogP contribution in [-0.4, -0.2) is 29.3 Å². The zero-order valence-electron chi connectivity index (χ0n) is 8.44. The van der Waals surface area contributed by atoms with E-state index in [1.807, 2.05) is 0 Å². The number of hydrogen-bond acceptors (Lipinski definition) is 3. The van der Waals surface area contributed by atoms with Crippen molar-refractivity contribution in [2.24, 2.45) is 0 Å². The van der Waals surface area contributed by atoms with Crippen LogP contribution >= 0.6 is 0 Å². The normalized spacial score (nSPS) is 9.93. The maximum Gasteiger partial charge on any atom is 0.220 e. The van der Waals surface area contributed by atoms with Crippen LogP contribution in [-0.2, 0) is 11.2 Å². The summed E-state index contributed by atoms with van der Waals surface area (Å²) >= 11 is 0. The molecular weight excluding hydrogens is 194 g/mol. The summed E-state index contributed by atoms with van der Waals surface area (Å²) in [6.45, 7) is 0.263. The number of aryl methyl sites for hydroxylation is 1. The van der Waals surface area contributed by atoms with E-state index in [4.69, 9.17) is 10.2 Å². The molecule has 0 spiro atoms. The van der Waals surface area contributed by atoms with Crippen LogP contribution < -0.4 is 5.32 Å². The molecule has 0 aliphatic rings. The number of aliphatic hydroxyl groups is 1. The predicted molar refractivity (Wildman–Crippen MR) is 56.5 cm³/mol. The van der Waals surface area contributed by atoms with Gasteiger partial charge in [-0.2, -0.15) is 0 Å². The van der Waals surface area contributed by atoms with E-state index in [1.54, 1.807) is 24.3 Å². The third kappa shape index (κ3) is 4.46. The lowest BCUT2D eigenvalue weighted by Crippen LogP contribution is -2.26. The number of hydrogen-bond donors (Lipinski definition) is 3. The molecule has 0 bridgehead atoms. The van der Waals surface area contributed by atoms with Gasteiger partial charge in [-0.05, 0) is 24.1 Å². The highest BCUT2D eigenvalue weighted by Gasteiger charge is 2.01. The summed E-state index contributed by atoms with van der Waals surface area (Å²) in [6.07, 6.45) is 1.03. The average molecular weight is 209 g/mol. The Morgan fingerprint density at radius 1 is 1.27 bits per heavy atom. The first-order valence-electron chi connectivity index (χ1n) is 4.88. The van der Waals surface area contributed by atoms with Crippen LogP contribution in [0.4, 0.5) is 0 Å². The highest BCUT2D eigenvalue weighted by atomic mass is 16.3. The molecule has 1 aromatic rings. The molecule has 0 unspecified atom stereocenters. The van der Waals surface area contributed by atoms with Gasteiger partial charge in [-0.1, -0.05) is 12.1 Å². The summed E-state index contributed by atoms with van der Waals surface area (Å²) < 4.78 is 0. The summed E-state index contributed by atoms with van der Waals surface area (Å²) in [6, 6.07) is 6.77. The fourth-order valence-electron chi connectivity index (χ4n) is 1.20. The molecule has 3 N–H and O–H groups in total. The number of carbonyl (C=O) groups is 1. The van der Waals surface area contributed by atoms with Crippen LogP contribution in [0, 0.1) is 0 Å². The van der Waals surface area contributed by atoms with Crippen LogP contribution in [0.1, 0.15) is 12.0 Å². The smallest absolute Gasteiger partial charge is 0.220 e.